The van der Waals surface area contributed by atoms with Crippen molar-refractivity contribution in [2.45, 2.75) is 39.3 Å². The summed E-state index contributed by atoms with van der Waals surface area (Å²) in [7, 11) is 0. The topological polar surface area (TPSA) is 116 Å². The fourth-order valence-electron chi connectivity index (χ4n) is 3.52. The van der Waals surface area contributed by atoms with E-state index in [1.165, 1.54) is 21.3 Å². The van der Waals surface area contributed by atoms with E-state index >= 15 is 0 Å². The normalized spacial score (nSPS) is 11.3. The summed E-state index contributed by atoms with van der Waals surface area (Å²) >= 11 is 1.60. The van der Waals surface area contributed by atoms with Crippen LogP contribution in [0.25, 0.3) is 11.2 Å². The highest BCUT2D eigenvalue weighted by atomic mass is 32.1. The van der Waals surface area contributed by atoms with Crippen LogP contribution in [0.3, 0.4) is 0 Å². The number of imidazole rings is 1. The Kier molecular flexibility index (Phi) is 5.81. The van der Waals surface area contributed by atoms with E-state index in [2.05, 4.69) is 9.97 Å². The van der Waals surface area contributed by atoms with Crippen LogP contribution < -0.4 is 11.2 Å². The van der Waals surface area contributed by atoms with E-state index in [1.54, 1.807) is 23.5 Å². The van der Waals surface area contributed by atoms with E-state index in [0.717, 1.165) is 10.4 Å². The van der Waals surface area contributed by atoms with Gasteiger partial charge in [0.2, 0.25) is 0 Å². The van der Waals surface area contributed by atoms with Crippen LogP contribution in [0.1, 0.15) is 29.6 Å². The molecule has 4 rings (SSSR count). The number of nitrogens with one attached hydrogen (secondary N) is 1. The molecule has 9 nitrogen and oxygen atoms in total. The molecule has 0 fully saturated rings. The highest BCUT2D eigenvalue weighted by Crippen LogP contribution is 2.16. The number of nitrogens with zero attached hydrogens (tertiary/aromatic N) is 4. The fraction of sp³-hybridized carbons (Fsp3) is 0.286. The molecule has 3 heterocycles. The Balaban J connectivity index is 1.72. The number of rotatable bonds is 8. The summed E-state index contributed by atoms with van der Waals surface area (Å²) in [4.78, 5) is 45.2. The summed E-state index contributed by atoms with van der Waals surface area (Å²) in [5.41, 5.74) is 0.784. The van der Waals surface area contributed by atoms with E-state index in [9.17, 15) is 19.7 Å². The van der Waals surface area contributed by atoms with Crippen LogP contribution in [-0.4, -0.2) is 24.0 Å². The molecule has 0 amide bonds. The molecule has 31 heavy (non-hydrogen) atoms. The van der Waals surface area contributed by atoms with Crippen molar-refractivity contribution in [2.24, 2.45) is 0 Å². The molecule has 0 saturated heterocycles. The Morgan fingerprint density at radius 2 is 1.90 bits per heavy atom. The second kappa shape index (κ2) is 8.68. The maximum Gasteiger partial charge on any atom is 0.332 e. The van der Waals surface area contributed by atoms with Gasteiger partial charge in [0.25, 0.3) is 11.2 Å². The van der Waals surface area contributed by atoms with Crippen molar-refractivity contribution < 1.29 is 4.92 Å². The number of aromatic nitrogens is 4. The van der Waals surface area contributed by atoms with Gasteiger partial charge < -0.3 is 4.98 Å². The number of aromatic amines is 1. The molecule has 0 aliphatic carbocycles. The first kappa shape index (κ1) is 20.7. The second-order valence-corrected chi connectivity index (χ2v) is 8.24. The van der Waals surface area contributed by atoms with Crippen molar-refractivity contribution in [1.82, 2.24) is 19.1 Å². The van der Waals surface area contributed by atoms with Crippen LogP contribution >= 0.6 is 11.3 Å². The lowest BCUT2D eigenvalue weighted by atomic mass is 10.1. The third kappa shape index (κ3) is 4.19. The zero-order valence-corrected chi connectivity index (χ0v) is 17.7. The lowest BCUT2D eigenvalue weighted by Gasteiger charge is -2.10. The fourth-order valence-corrected chi connectivity index (χ4v) is 4.23. The number of hydrogen-bond acceptors (Lipinski definition) is 6. The Morgan fingerprint density at radius 1 is 1.13 bits per heavy atom. The van der Waals surface area contributed by atoms with Crippen molar-refractivity contribution >= 4 is 28.2 Å². The Hall–Kier alpha value is -3.53. The third-order valence-corrected chi connectivity index (χ3v) is 5.93. The summed E-state index contributed by atoms with van der Waals surface area (Å²) < 4.78 is 2.76. The summed E-state index contributed by atoms with van der Waals surface area (Å²) in [5, 5.41) is 12.8. The predicted octanol–water partition coefficient (Wildman–Crippen LogP) is 3.10. The number of non-ortho nitro benzene ring substituents is 1. The molecule has 160 valence electrons. The van der Waals surface area contributed by atoms with Gasteiger partial charge in [-0.1, -0.05) is 25.1 Å². The molecule has 4 aromatic rings. The number of aryl methyl sites for hydroxylation is 2. The molecule has 1 aromatic carbocycles. The molecule has 0 unspecified atom stereocenters. The van der Waals surface area contributed by atoms with Gasteiger partial charge >= 0.3 is 5.69 Å². The van der Waals surface area contributed by atoms with Crippen LogP contribution in [-0.2, 0) is 25.9 Å². The highest BCUT2D eigenvalue weighted by Gasteiger charge is 2.17. The lowest BCUT2D eigenvalue weighted by molar-refractivity contribution is -0.384. The summed E-state index contributed by atoms with van der Waals surface area (Å²) in [6, 6.07) is 10.2. The molecule has 0 radical (unpaired) electrons. The van der Waals surface area contributed by atoms with E-state index in [0.29, 0.717) is 49.3 Å². The molecule has 0 atom stereocenters. The maximum absolute atomic E-state index is 13.1. The molecule has 0 aliphatic rings. The molecule has 0 saturated carbocycles. The standard InChI is InChI=1S/C21H21N5O4S/c1-2-10-25-20(27)18-19(23-17(22-18)13-16-4-3-12-31-16)24(21(25)28)11-9-14-5-7-15(8-6-14)26(29)30/h3-8,12H,2,9-11,13H2,1H3,(H,22,23). The summed E-state index contributed by atoms with van der Waals surface area (Å²) in [6.07, 6.45) is 1.68. The Labute approximate surface area is 180 Å². The summed E-state index contributed by atoms with van der Waals surface area (Å²) in [5.74, 6) is 0.632. The zero-order valence-electron chi connectivity index (χ0n) is 16.9. The number of hydrogen-bond donors (Lipinski definition) is 1. The van der Waals surface area contributed by atoms with Gasteiger partial charge in [0.15, 0.2) is 5.65 Å². The maximum atomic E-state index is 13.1. The minimum atomic E-state index is -0.447. The zero-order chi connectivity index (χ0) is 22.0. The van der Waals surface area contributed by atoms with Gasteiger partial charge in [0.05, 0.1) is 4.92 Å². The SMILES string of the molecule is CCCn1c(=O)c2[nH]c(Cc3cccs3)nc2n(CCc2ccc([N+](=O)[O-])cc2)c1=O. The van der Waals surface area contributed by atoms with Gasteiger partial charge in [0.1, 0.15) is 11.3 Å². The van der Waals surface area contributed by atoms with E-state index in [4.69, 9.17) is 0 Å². The Bertz CT molecular complexity index is 1330. The molecule has 0 spiro atoms. The molecule has 3 aromatic heterocycles. The van der Waals surface area contributed by atoms with Gasteiger partial charge in [-0.15, -0.1) is 11.3 Å². The number of benzene rings is 1. The quantitative estimate of drug-likeness (QED) is 0.335. The van der Waals surface area contributed by atoms with E-state index < -0.39 is 10.6 Å². The molecule has 0 aliphatic heterocycles. The lowest BCUT2D eigenvalue weighted by Crippen LogP contribution is -2.40. The smallest absolute Gasteiger partial charge is 0.332 e. The van der Waals surface area contributed by atoms with E-state index in [1.807, 2.05) is 24.4 Å². The van der Waals surface area contributed by atoms with E-state index in [-0.39, 0.29) is 11.2 Å². The minimum Gasteiger partial charge on any atom is -0.336 e. The minimum absolute atomic E-state index is 0.0188. The van der Waals surface area contributed by atoms with Crippen LogP contribution in [0.15, 0.2) is 51.4 Å². The van der Waals surface area contributed by atoms with Crippen LogP contribution in [0, 0.1) is 10.1 Å². The van der Waals surface area contributed by atoms with Gasteiger partial charge in [-0.2, -0.15) is 0 Å². The average molecular weight is 439 g/mol. The van der Waals surface area contributed by atoms with Gasteiger partial charge in [-0.05, 0) is 29.9 Å². The van der Waals surface area contributed by atoms with Crippen molar-refractivity contribution in [1.29, 1.82) is 0 Å². The van der Waals surface area contributed by atoms with Crippen molar-refractivity contribution in [2.75, 3.05) is 0 Å². The first-order valence-corrected chi connectivity index (χ1v) is 10.8. The number of thiophene rings is 1. The van der Waals surface area contributed by atoms with Crippen molar-refractivity contribution in [3.63, 3.8) is 0 Å². The highest BCUT2D eigenvalue weighted by molar-refractivity contribution is 7.09. The first-order valence-electron chi connectivity index (χ1n) is 9.96. The predicted molar refractivity (Wildman–Crippen MR) is 119 cm³/mol. The molecule has 0 bridgehead atoms. The summed E-state index contributed by atoms with van der Waals surface area (Å²) in [6.45, 7) is 2.54. The second-order valence-electron chi connectivity index (χ2n) is 7.20. The van der Waals surface area contributed by atoms with Gasteiger partial charge in [-0.3, -0.25) is 24.0 Å². The number of fused-ring (bicyclic) bond motifs is 1. The largest absolute Gasteiger partial charge is 0.336 e. The molecular weight excluding hydrogens is 418 g/mol. The van der Waals surface area contributed by atoms with Crippen molar-refractivity contribution in [3.8, 4) is 0 Å². The monoisotopic (exact) mass is 439 g/mol. The number of H-pyrrole nitrogens is 1. The van der Waals surface area contributed by atoms with Gasteiger partial charge in [-0.25, -0.2) is 9.78 Å². The van der Waals surface area contributed by atoms with Crippen LogP contribution in [0.4, 0.5) is 5.69 Å². The van der Waals surface area contributed by atoms with Crippen LogP contribution in [0.5, 0.6) is 0 Å². The molecule has 10 heteroatoms. The van der Waals surface area contributed by atoms with Crippen LogP contribution in [0.2, 0.25) is 0 Å². The van der Waals surface area contributed by atoms with Crippen molar-refractivity contribution in [3.05, 3.63) is 89.0 Å². The molecule has 1 N–H and O–H groups in total. The Morgan fingerprint density at radius 3 is 2.55 bits per heavy atom. The number of nitro groups is 1. The average Bonchev–Trinajstić information content (AvgIpc) is 3.42. The third-order valence-electron chi connectivity index (χ3n) is 5.05. The van der Waals surface area contributed by atoms with Gasteiger partial charge in [0, 0.05) is 36.5 Å². The molecular formula is C21H21N5O4S. The number of nitro benzene ring substituents is 1. The first-order chi connectivity index (χ1) is 15.0.